The van der Waals surface area contributed by atoms with E-state index in [1.807, 2.05) is 36.6 Å². The largest absolute Gasteiger partial charge is 1.00 e. The van der Waals surface area contributed by atoms with Crippen LogP contribution < -0.4 is 0 Å². The molecule has 0 spiro atoms. The molecule has 2 nitrogen and oxygen atoms in total. The summed E-state index contributed by atoms with van der Waals surface area (Å²) in [4.78, 5) is 21.9. The van der Waals surface area contributed by atoms with Crippen LogP contribution in [0.4, 0.5) is 0 Å². The van der Waals surface area contributed by atoms with E-state index in [0.717, 1.165) is 5.56 Å². The third-order valence-electron chi connectivity index (χ3n) is 2.31. The molecule has 0 unspecified atom stereocenters. The molecule has 1 aromatic rings. The Kier molecular flexibility index (Phi) is 4.83. The summed E-state index contributed by atoms with van der Waals surface area (Å²) in [5, 5.41) is 0. The normalized spacial score (nSPS) is 13.2. The third kappa shape index (κ3) is 3.13. The molecule has 17 heavy (non-hydrogen) atoms. The van der Waals surface area contributed by atoms with Crippen molar-refractivity contribution in [2.24, 2.45) is 0 Å². The Morgan fingerprint density at radius 3 is 2.06 bits per heavy atom. The van der Waals surface area contributed by atoms with E-state index in [1.54, 1.807) is 12.2 Å². The van der Waals surface area contributed by atoms with Crippen molar-refractivity contribution >= 4 is 17.6 Å². The molecule has 0 aliphatic heterocycles. The number of hydrogen-bond donors (Lipinski definition) is 0. The first-order valence-corrected chi connectivity index (χ1v) is 4.89. The minimum Gasteiger partial charge on any atom is -0.376 e. The van der Waals surface area contributed by atoms with Gasteiger partial charge in [-0.05, 0) is 12.2 Å². The monoisotopic (exact) mass is 272 g/mol. The second-order valence-corrected chi connectivity index (χ2v) is 3.37. The molecule has 0 aromatic heterocycles. The SMILES string of the molecule is O=[C-]C(=C1C=CC(=O)C=C1)c1ccccc1.[Cu+]. The summed E-state index contributed by atoms with van der Waals surface area (Å²) < 4.78 is 0. The van der Waals surface area contributed by atoms with Gasteiger partial charge in [0.2, 0.25) is 0 Å². The number of ketones is 1. The van der Waals surface area contributed by atoms with Gasteiger partial charge in [0, 0.05) is 0 Å². The van der Waals surface area contributed by atoms with Gasteiger partial charge < -0.3 is 4.79 Å². The minimum atomic E-state index is -0.0675. The van der Waals surface area contributed by atoms with Crippen LogP contribution in [0.3, 0.4) is 0 Å². The predicted molar refractivity (Wildman–Crippen MR) is 62.3 cm³/mol. The average molecular weight is 273 g/mol. The van der Waals surface area contributed by atoms with Crippen molar-refractivity contribution in [3.63, 3.8) is 0 Å². The van der Waals surface area contributed by atoms with Crippen molar-refractivity contribution in [1.82, 2.24) is 0 Å². The molecular weight excluding hydrogens is 264 g/mol. The summed E-state index contributed by atoms with van der Waals surface area (Å²) in [6, 6.07) is 9.27. The van der Waals surface area contributed by atoms with Crippen LogP contribution in [0, 0.1) is 0 Å². The summed E-state index contributed by atoms with van der Waals surface area (Å²) >= 11 is 0. The molecule has 0 atom stereocenters. The van der Waals surface area contributed by atoms with Crippen LogP contribution in [0.5, 0.6) is 0 Å². The number of carbonyl (C=O) groups excluding carboxylic acids is 2. The van der Waals surface area contributed by atoms with Crippen LogP contribution in [0.2, 0.25) is 0 Å². The van der Waals surface area contributed by atoms with E-state index in [4.69, 9.17) is 0 Å². The second kappa shape index (κ2) is 6.14. The number of hydrogen-bond acceptors (Lipinski definition) is 2. The van der Waals surface area contributed by atoms with Crippen molar-refractivity contribution in [2.75, 3.05) is 0 Å². The third-order valence-corrected chi connectivity index (χ3v) is 2.31. The zero-order chi connectivity index (χ0) is 11.4. The van der Waals surface area contributed by atoms with Crippen LogP contribution in [-0.2, 0) is 26.7 Å². The molecule has 0 fully saturated rings. The Bertz CT molecular complexity index is 492. The molecular formula is C14H9CuO2. The molecule has 2 rings (SSSR count). The van der Waals surface area contributed by atoms with Crippen LogP contribution >= 0.6 is 0 Å². The average Bonchev–Trinajstić information content (AvgIpc) is 2.34. The fourth-order valence-corrected chi connectivity index (χ4v) is 1.51. The van der Waals surface area contributed by atoms with Gasteiger partial charge >= 0.3 is 17.1 Å². The Morgan fingerprint density at radius 2 is 1.53 bits per heavy atom. The van der Waals surface area contributed by atoms with Crippen molar-refractivity contribution < 1.29 is 26.7 Å². The van der Waals surface area contributed by atoms with Gasteiger partial charge in [0.1, 0.15) is 0 Å². The van der Waals surface area contributed by atoms with Crippen molar-refractivity contribution in [3.8, 4) is 0 Å². The maximum absolute atomic E-state index is 11.0. The van der Waals surface area contributed by atoms with E-state index in [-0.39, 0.29) is 22.9 Å². The van der Waals surface area contributed by atoms with Gasteiger partial charge in [0.25, 0.3) is 0 Å². The maximum Gasteiger partial charge on any atom is 1.00 e. The second-order valence-electron chi connectivity index (χ2n) is 3.37. The zero-order valence-electron chi connectivity index (χ0n) is 8.81. The first kappa shape index (κ1) is 13.4. The van der Waals surface area contributed by atoms with Crippen molar-refractivity contribution in [1.29, 1.82) is 0 Å². The topological polar surface area (TPSA) is 34.1 Å². The summed E-state index contributed by atoms with van der Waals surface area (Å²) in [6.07, 6.45) is 8.07. The van der Waals surface area contributed by atoms with Gasteiger partial charge in [-0.2, -0.15) is 0 Å². The molecule has 88 valence electrons. The predicted octanol–water partition coefficient (Wildman–Crippen LogP) is 2.24. The van der Waals surface area contributed by atoms with Crippen molar-refractivity contribution in [3.05, 3.63) is 65.8 Å². The minimum absolute atomic E-state index is 0. The molecule has 3 heteroatoms. The van der Waals surface area contributed by atoms with Crippen LogP contribution in [0.25, 0.3) is 5.57 Å². The molecule has 0 heterocycles. The zero-order valence-corrected chi connectivity index (χ0v) is 9.76. The standard InChI is InChI=1S/C14H9O2.Cu/c15-10-14(11-4-2-1-3-5-11)12-6-8-13(16)9-7-12;/h1-9H;/q-1;+1. The molecule has 0 radical (unpaired) electrons. The number of benzene rings is 1. The maximum atomic E-state index is 11.0. The Hall–Kier alpha value is -1.70. The fourth-order valence-electron chi connectivity index (χ4n) is 1.51. The van der Waals surface area contributed by atoms with E-state index in [2.05, 4.69) is 0 Å². The van der Waals surface area contributed by atoms with Crippen molar-refractivity contribution in [2.45, 2.75) is 0 Å². The van der Waals surface area contributed by atoms with E-state index in [1.165, 1.54) is 12.2 Å². The fraction of sp³-hybridized carbons (Fsp3) is 0. The first-order valence-electron chi connectivity index (χ1n) is 4.89. The number of carbonyl (C=O) groups is 1. The van der Waals surface area contributed by atoms with Gasteiger partial charge in [0.15, 0.2) is 5.78 Å². The first-order chi connectivity index (χ1) is 7.81. The van der Waals surface area contributed by atoms with Crippen LogP contribution in [0.1, 0.15) is 5.56 Å². The van der Waals surface area contributed by atoms with Gasteiger partial charge in [-0.3, -0.25) is 4.79 Å². The molecule has 1 aromatic carbocycles. The van der Waals surface area contributed by atoms with Gasteiger partial charge in [-0.1, -0.05) is 18.2 Å². The number of rotatable bonds is 2. The Labute approximate surface area is 110 Å². The summed E-state index contributed by atoms with van der Waals surface area (Å²) in [7, 11) is 0. The smallest absolute Gasteiger partial charge is 0.376 e. The Morgan fingerprint density at radius 1 is 0.941 bits per heavy atom. The summed E-state index contributed by atoms with van der Waals surface area (Å²) in [6.45, 7) is 0. The Balaban J connectivity index is 0.00000144. The molecule has 1 aliphatic carbocycles. The quantitative estimate of drug-likeness (QED) is 0.470. The summed E-state index contributed by atoms with van der Waals surface area (Å²) in [5.41, 5.74) is 1.98. The van der Waals surface area contributed by atoms with Gasteiger partial charge in [-0.15, -0.1) is 41.0 Å². The van der Waals surface area contributed by atoms with Crippen LogP contribution in [-0.4, -0.2) is 12.1 Å². The van der Waals surface area contributed by atoms with Gasteiger partial charge in [0.05, 0.1) is 6.29 Å². The molecule has 0 amide bonds. The van der Waals surface area contributed by atoms with E-state index < -0.39 is 0 Å². The molecule has 0 saturated heterocycles. The number of allylic oxidation sites excluding steroid dienone is 6. The summed E-state index contributed by atoms with van der Waals surface area (Å²) in [5.74, 6) is -0.0675. The van der Waals surface area contributed by atoms with E-state index in [0.29, 0.717) is 11.1 Å². The van der Waals surface area contributed by atoms with Crippen LogP contribution in [0.15, 0.2) is 60.2 Å². The molecule has 0 N–H and O–H groups in total. The molecule has 0 bridgehead atoms. The van der Waals surface area contributed by atoms with E-state index in [9.17, 15) is 9.59 Å². The van der Waals surface area contributed by atoms with Gasteiger partial charge in [-0.25, -0.2) is 0 Å². The van der Waals surface area contributed by atoms with E-state index >= 15 is 0 Å². The molecule has 0 saturated carbocycles. The molecule has 1 aliphatic rings.